The molecule has 0 bridgehead atoms. The Labute approximate surface area is 137 Å². The summed E-state index contributed by atoms with van der Waals surface area (Å²) in [6.07, 6.45) is 1.98. The molecule has 2 amide bonds. The second kappa shape index (κ2) is 6.72. The molecule has 1 atom stereocenters. The zero-order valence-electron chi connectivity index (χ0n) is 14.7. The summed E-state index contributed by atoms with van der Waals surface area (Å²) < 4.78 is 5.13. The Morgan fingerprint density at radius 2 is 2.09 bits per heavy atom. The van der Waals surface area contributed by atoms with E-state index in [4.69, 9.17) is 4.52 Å². The molecule has 0 radical (unpaired) electrons. The van der Waals surface area contributed by atoms with Crippen molar-refractivity contribution in [1.29, 1.82) is 0 Å². The van der Waals surface area contributed by atoms with Gasteiger partial charge in [-0.2, -0.15) is 0 Å². The molecule has 2 heterocycles. The van der Waals surface area contributed by atoms with Crippen LogP contribution in [0.5, 0.6) is 0 Å². The molecule has 0 aromatic carbocycles. The zero-order valence-corrected chi connectivity index (χ0v) is 14.7. The van der Waals surface area contributed by atoms with Gasteiger partial charge in [0.2, 0.25) is 11.8 Å². The van der Waals surface area contributed by atoms with Crippen LogP contribution in [0.2, 0.25) is 0 Å². The van der Waals surface area contributed by atoms with E-state index in [0.29, 0.717) is 19.5 Å². The minimum atomic E-state index is -0.235. The Bertz CT molecular complexity index is 567. The van der Waals surface area contributed by atoms with Gasteiger partial charge in [0, 0.05) is 30.6 Å². The van der Waals surface area contributed by atoms with Crippen LogP contribution < -0.4 is 5.32 Å². The summed E-state index contributed by atoms with van der Waals surface area (Å²) in [5.74, 6) is 0.647. The van der Waals surface area contributed by atoms with Gasteiger partial charge in [0.1, 0.15) is 5.76 Å². The number of nitrogens with zero attached hydrogens (tertiary/aromatic N) is 2. The monoisotopic (exact) mass is 321 g/mol. The zero-order chi connectivity index (χ0) is 17.2. The molecule has 1 aromatic heterocycles. The van der Waals surface area contributed by atoms with Crippen molar-refractivity contribution in [3.63, 3.8) is 0 Å². The third kappa shape index (κ3) is 4.12. The van der Waals surface area contributed by atoms with Gasteiger partial charge in [-0.3, -0.25) is 9.59 Å². The van der Waals surface area contributed by atoms with Gasteiger partial charge in [0.25, 0.3) is 0 Å². The summed E-state index contributed by atoms with van der Waals surface area (Å²) in [5.41, 5.74) is 1.81. The van der Waals surface area contributed by atoms with Crippen molar-refractivity contribution in [2.75, 3.05) is 13.1 Å². The lowest BCUT2D eigenvalue weighted by Crippen LogP contribution is -2.43. The molecule has 0 aliphatic carbocycles. The van der Waals surface area contributed by atoms with Crippen molar-refractivity contribution in [3.05, 3.63) is 17.0 Å². The highest BCUT2D eigenvalue weighted by Gasteiger charge is 2.39. The van der Waals surface area contributed by atoms with E-state index in [1.54, 1.807) is 4.90 Å². The highest BCUT2D eigenvalue weighted by Crippen LogP contribution is 2.25. The van der Waals surface area contributed by atoms with Crippen molar-refractivity contribution < 1.29 is 14.1 Å². The van der Waals surface area contributed by atoms with Crippen LogP contribution in [0, 0.1) is 19.8 Å². The van der Waals surface area contributed by atoms with Gasteiger partial charge in [-0.1, -0.05) is 5.16 Å². The number of aryl methyl sites for hydroxylation is 2. The SMILES string of the molecule is Cc1noc(C)c1CCCNC(=O)C1CC(=O)N(C(C)(C)C)C1. The summed E-state index contributed by atoms with van der Waals surface area (Å²) in [6, 6.07) is 0. The van der Waals surface area contributed by atoms with Crippen LogP contribution >= 0.6 is 0 Å². The van der Waals surface area contributed by atoms with E-state index in [1.165, 1.54) is 0 Å². The van der Waals surface area contributed by atoms with E-state index in [-0.39, 0.29) is 23.3 Å². The lowest BCUT2D eigenvalue weighted by atomic mass is 10.1. The summed E-state index contributed by atoms with van der Waals surface area (Å²) in [4.78, 5) is 26.1. The Hall–Kier alpha value is -1.85. The number of hydrogen-bond donors (Lipinski definition) is 1. The van der Waals surface area contributed by atoms with Gasteiger partial charge >= 0.3 is 0 Å². The minimum absolute atomic E-state index is 0.0242. The van der Waals surface area contributed by atoms with Crippen molar-refractivity contribution in [2.45, 2.75) is 59.4 Å². The van der Waals surface area contributed by atoms with Gasteiger partial charge in [-0.05, 0) is 47.5 Å². The Kier molecular flexibility index (Phi) is 5.12. The van der Waals surface area contributed by atoms with Crippen molar-refractivity contribution in [1.82, 2.24) is 15.4 Å². The third-order valence-electron chi connectivity index (χ3n) is 4.39. The highest BCUT2D eigenvalue weighted by atomic mass is 16.5. The molecule has 0 spiro atoms. The number of hydrogen-bond acceptors (Lipinski definition) is 4. The molecule has 1 aromatic rings. The molecule has 2 rings (SSSR count). The number of rotatable bonds is 5. The van der Waals surface area contributed by atoms with Crippen LogP contribution in [0.15, 0.2) is 4.52 Å². The van der Waals surface area contributed by atoms with Crippen LogP contribution in [0.4, 0.5) is 0 Å². The molecule has 1 N–H and O–H groups in total. The molecule has 1 saturated heterocycles. The van der Waals surface area contributed by atoms with Crippen LogP contribution in [-0.2, 0) is 16.0 Å². The molecular formula is C17H27N3O3. The molecule has 1 unspecified atom stereocenters. The molecule has 1 aliphatic heterocycles. The summed E-state index contributed by atoms with van der Waals surface area (Å²) in [5, 5.41) is 6.88. The number of aromatic nitrogens is 1. The maximum Gasteiger partial charge on any atom is 0.225 e. The minimum Gasteiger partial charge on any atom is -0.361 e. The second-order valence-corrected chi connectivity index (χ2v) is 7.27. The Balaban J connectivity index is 1.77. The topological polar surface area (TPSA) is 75.4 Å². The standard InChI is InChI=1S/C17H27N3O3/c1-11-14(12(2)23-19-11)7-6-8-18-16(22)13-9-15(21)20(10-13)17(3,4)5/h13H,6-10H2,1-5H3,(H,18,22). The normalized spacial score (nSPS) is 18.6. The summed E-state index contributed by atoms with van der Waals surface area (Å²) >= 11 is 0. The highest BCUT2D eigenvalue weighted by molar-refractivity contribution is 5.89. The first-order valence-corrected chi connectivity index (χ1v) is 8.20. The molecule has 128 valence electrons. The molecule has 6 nitrogen and oxygen atoms in total. The fourth-order valence-electron chi connectivity index (χ4n) is 3.01. The van der Waals surface area contributed by atoms with Crippen LogP contribution in [-0.4, -0.2) is 40.5 Å². The van der Waals surface area contributed by atoms with Gasteiger partial charge in [0.05, 0.1) is 11.6 Å². The number of carbonyl (C=O) groups excluding carboxylic acids is 2. The van der Waals surface area contributed by atoms with Crippen LogP contribution in [0.25, 0.3) is 0 Å². The lowest BCUT2D eigenvalue weighted by Gasteiger charge is -2.31. The summed E-state index contributed by atoms with van der Waals surface area (Å²) in [6.45, 7) is 10.9. The average molecular weight is 321 g/mol. The molecule has 6 heteroatoms. The first-order chi connectivity index (χ1) is 10.7. The van der Waals surface area contributed by atoms with E-state index in [9.17, 15) is 9.59 Å². The smallest absolute Gasteiger partial charge is 0.225 e. The van der Waals surface area contributed by atoms with Crippen molar-refractivity contribution in [3.8, 4) is 0 Å². The van der Waals surface area contributed by atoms with Gasteiger partial charge in [-0.15, -0.1) is 0 Å². The van der Waals surface area contributed by atoms with E-state index < -0.39 is 0 Å². The fraction of sp³-hybridized carbons (Fsp3) is 0.706. The largest absolute Gasteiger partial charge is 0.361 e. The van der Waals surface area contributed by atoms with Crippen LogP contribution in [0.3, 0.4) is 0 Å². The van der Waals surface area contributed by atoms with Crippen LogP contribution in [0.1, 0.15) is 50.6 Å². The molecule has 1 aliphatic rings. The van der Waals surface area contributed by atoms with E-state index in [2.05, 4.69) is 10.5 Å². The van der Waals surface area contributed by atoms with E-state index >= 15 is 0 Å². The van der Waals surface area contributed by atoms with Gasteiger partial charge in [-0.25, -0.2) is 0 Å². The number of amides is 2. The molecule has 1 fully saturated rings. The van der Waals surface area contributed by atoms with Gasteiger partial charge < -0.3 is 14.7 Å². The van der Waals surface area contributed by atoms with Crippen molar-refractivity contribution in [2.24, 2.45) is 5.92 Å². The number of likely N-dealkylation sites (tertiary alicyclic amines) is 1. The Morgan fingerprint density at radius 1 is 1.39 bits per heavy atom. The first-order valence-electron chi connectivity index (χ1n) is 8.20. The lowest BCUT2D eigenvalue weighted by molar-refractivity contribution is -0.132. The quantitative estimate of drug-likeness (QED) is 0.842. The number of carbonyl (C=O) groups is 2. The maximum absolute atomic E-state index is 12.2. The molecule has 23 heavy (non-hydrogen) atoms. The third-order valence-corrected chi connectivity index (χ3v) is 4.39. The van der Waals surface area contributed by atoms with E-state index in [1.807, 2.05) is 34.6 Å². The Morgan fingerprint density at radius 3 is 2.61 bits per heavy atom. The predicted molar refractivity (Wildman–Crippen MR) is 86.9 cm³/mol. The predicted octanol–water partition coefficient (Wildman–Crippen LogP) is 1.99. The second-order valence-electron chi connectivity index (χ2n) is 7.27. The fourth-order valence-corrected chi connectivity index (χ4v) is 3.01. The maximum atomic E-state index is 12.2. The van der Waals surface area contributed by atoms with Crippen molar-refractivity contribution >= 4 is 11.8 Å². The number of nitrogens with one attached hydrogen (secondary N) is 1. The van der Waals surface area contributed by atoms with Gasteiger partial charge in [0.15, 0.2) is 0 Å². The summed E-state index contributed by atoms with van der Waals surface area (Å²) in [7, 11) is 0. The van der Waals surface area contributed by atoms with E-state index in [0.717, 1.165) is 29.9 Å². The first kappa shape index (κ1) is 17.5. The average Bonchev–Trinajstić information content (AvgIpc) is 2.99. The molecule has 0 saturated carbocycles. The molecular weight excluding hydrogens is 294 g/mol.